The molecule has 7 heteroatoms. The van der Waals surface area contributed by atoms with E-state index in [4.69, 9.17) is 11.6 Å². The number of benzene rings is 2. The van der Waals surface area contributed by atoms with Gasteiger partial charge in [0.15, 0.2) is 0 Å². The lowest BCUT2D eigenvalue weighted by molar-refractivity contribution is 0.208. The smallest absolute Gasteiger partial charge is 0.322 e. The number of piperazine rings is 1. The van der Waals surface area contributed by atoms with Gasteiger partial charge < -0.3 is 15.1 Å². The van der Waals surface area contributed by atoms with Crippen molar-refractivity contribution in [3.8, 4) is 0 Å². The molecule has 0 saturated carbocycles. The average Bonchev–Trinajstić information content (AvgIpc) is 2.58. The SMILES string of the molecule is O=C(Nc1c(F)cccc1F)N1CCN(c2cccc(Cl)c2)CC1. The molecule has 1 heterocycles. The Morgan fingerprint density at radius 1 is 1.00 bits per heavy atom. The van der Waals surface area contributed by atoms with Crippen LogP contribution in [0.3, 0.4) is 0 Å². The number of hydrogen-bond acceptors (Lipinski definition) is 2. The quantitative estimate of drug-likeness (QED) is 0.888. The molecule has 126 valence electrons. The molecule has 0 unspecified atom stereocenters. The molecule has 1 aliphatic rings. The summed E-state index contributed by atoms with van der Waals surface area (Å²) in [6.45, 7) is 2.14. The first kappa shape index (κ1) is 16.5. The van der Waals surface area contributed by atoms with Gasteiger partial charge >= 0.3 is 6.03 Å². The maximum absolute atomic E-state index is 13.6. The molecule has 1 aliphatic heterocycles. The predicted octanol–water partition coefficient (Wildman–Crippen LogP) is 3.97. The van der Waals surface area contributed by atoms with Gasteiger partial charge in [0.05, 0.1) is 0 Å². The highest BCUT2D eigenvalue weighted by Crippen LogP contribution is 2.22. The average molecular weight is 352 g/mol. The molecule has 1 fully saturated rings. The minimum atomic E-state index is -0.791. The summed E-state index contributed by atoms with van der Waals surface area (Å²) in [4.78, 5) is 15.9. The molecule has 2 aromatic carbocycles. The fourth-order valence-corrected chi connectivity index (χ4v) is 2.83. The third kappa shape index (κ3) is 3.59. The number of hydrogen-bond donors (Lipinski definition) is 1. The lowest BCUT2D eigenvalue weighted by Crippen LogP contribution is -2.50. The Morgan fingerprint density at radius 2 is 1.62 bits per heavy atom. The van der Waals surface area contributed by atoms with Gasteiger partial charge in [0, 0.05) is 36.9 Å². The van der Waals surface area contributed by atoms with Gasteiger partial charge in [-0.15, -0.1) is 0 Å². The largest absolute Gasteiger partial charge is 0.368 e. The number of rotatable bonds is 2. The van der Waals surface area contributed by atoms with Gasteiger partial charge in [-0.2, -0.15) is 0 Å². The number of para-hydroxylation sites is 1. The Balaban J connectivity index is 1.61. The van der Waals surface area contributed by atoms with E-state index in [1.807, 2.05) is 18.2 Å². The van der Waals surface area contributed by atoms with Crippen LogP contribution in [0.1, 0.15) is 0 Å². The van der Waals surface area contributed by atoms with Crippen LogP contribution in [0, 0.1) is 11.6 Å². The molecule has 3 rings (SSSR count). The van der Waals surface area contributed by atoms with Crippen LogP contribution >= 0.6 is 11.6 Å². The van der Waals surface area contributed by atoms with Crippen LogP contribution < -0.4 is 10.2 Å². The van der Waals surface area contributed by atoms with Crippen LogP contribution in [0.5, 0.6) is 0 Å². The van der Waals surface area contributed by atoms with Crippen molar-refractivity contribution in [3.63, 3.8) is 0 Å². The number of urea groups is 1. The summed E-state index contributed by atoms with van der Waals surface area (Å²) in [5.41, 5.74) is 0.572. The summed E-state index contributed by atoms with van der Waals surface area (Å²) >= 11 is 5.99. The molecule has 2 aromatic rings. The number of nitrogens with zero attached hydrogens (tertiary/aromatic N) is 2. The normalized spacial score (nSPS) is 14.6. The van der Waals surface area contributed by atoms with Crippen molar-refractivity contribution >= 4 is 29.0 Å². The van der Waals surface area contributed by atoms with Crippen LogP contribution in [0.4, 0.5) is 25.0 Å². The van der Waals surface area contributed by atoms with Crippen molar-refractivity contribution in [2.45, 2.75) is 0 Å². The van der Waals surface area contributed by atoms with Crippen molar-refractivity contribution in [2.24, 2.45) is 0 Å². The zero-order chi connectivity index (χ0) is 17.1. The van der Waals surface area contributed by atoms with E-state index < -0.39 is 23.4 Å². The van der Waals surface area contributed by atoms with Crippen molar-refractivity contribution in [2.75, 3.05) is 36.4 Å². The highest BCUT2D eigenvalue weighted by Gasteiger charge is 2.23. The van der Waals surface area contributed by atoms with E-state index in [1.165, 1.54) is 11.0 Å². The van der Waals surface area contributed by atoms with Crippen molar-refractivity contribution in [1.29, 1.82) is 0 Å². The van der Waals surface area contributed by atoms with Crippen molar-refractivity contribution < 1.29 is 13.6 Å². The molecule has 1 saturated heterocycles. The summed E-state index contributed by atoms with van der Waals surface area (Å²) < 4.78 is 27.2. The van der Waals surface area contributed by atoms with Gasteiger partial charge in [-0.25, -0.2) is 13.6 Å². The zero-order valence-electron chi connectivity index (χ0n) is 12.8. The third-order valence-corrected chi connectivity index (χ3v) is 4.17. The number of nitrogens with one attached hydrogen (secondary N) is 1. The second-order valence-electron chi connectivity index (χ2n) is 5.48. The molecule has 2 amide bonds. The first-order valence-corrected chi connectivity index (χ1v) is 7.93. The molecule has 0 bridgehead atoms. The maximum Gasteiger partial charge on any atom is 0.322 e. The van der Waals surface area contributed by atoms with Gasteiger partial charge in [-0.1, -0.05) is 23.7 Å². The maximum atomic E-state index is 13.6. The van der Waals surface area contributed by atoms with Gasteiger partial charge in [0.2, 0.25) is 0 Å². The van der Waals surface area contributed by atoms with Crippen molar-refractivity contribution in [1.82, 2.24) is 4.90 Å². The number of anilines is 2. The van der Waals surface area contributed by atoms with Crippen LogP contribution in [-0.4, -0.2) is 37.1 Å². The standard InChI is InChI=1S/C17H16ClF2N3O/c18-12-3-1-4-13(11-12)22-7-9-23(10-8-22)17(24)21-16-14(19)5-2-6-15(16)20/h1-6,11H,7-10H2,(H,21,24). The summed E-state index contributed by atoms with van der Waals surface area (Å²) in [6.07, 6.45) is 0. The van der Waals surface area contributed by atoms with Crippen LogP contribution in [0.25, 0.3) is 0 Å². The van der Waals surface area contributed by atoms with E-state index in [2.05, 4.69) is 10.2 Å². The zero-order valence-corrected chi connectivity index (χ0v) is 13.6. The third-order valence-electron chi connectivity index (χ3n) is 3.93. The Labute approximate surface area is 143 Å². The second-order valence-corrected chi connectivity index (χ2v) is 5.92. The molecule has 0 aliphatic carbocycles. The highest BCUT2D eigenvalue weighted by atomic mass is 35.5. The van der Waals surface area contributed by atoms with Crippen LogP contribution in [-0.2, 0) is 0 Å². The predicted molar refractivity (Wildman–Crippen MR) is 90.6 cm³/mol. The molecule has 24 heavy (non-hydrogen) atoms. The van der Waals surface area contributed by atoms with Crippen molar-refractivity contribution in [3.05, 3.63) is 59.1 Å². The van der Waals surface area contributed by atoms with Crippen LogP contribution in [0.15, 0.2) is 42.5 Å². The number of carbonyl (C=O) groups excluding carboxylic acids is 1. The summed E-state index contributed by atoms with van der Waals surface area (Å²) in [5.74, 6) is -1.58. The molecular weight excluding hydrogens is 336 g/mol. The molecular formula is C17H16ClF2N3O. The van der Waals surface area contributed by atoms with Gasteiger partial charge in [0.1, 0.15) is 17.3 Å². The van der Waals surface area contributed by atoms with Gasteiger partial charge in [-0.3, -0.25) is 0 Å². The summed E-state index contributed by atoms with van der Waals surface area (Å²) in [7, 11) is 0. The molecule has 0 atom stereocenters. The van der Waals surface area contributed by atoms with E-state index in [1.54, 1.807) is 6.07 Å². The number of halogens is 3. The minimum absolute atomic E-state index is 0.417. The van der Waals surface area contributed by atoms with E-state index >= 15 is 0 Å². The van der Waals surface area contributed by atoms with E-state index in [0.29, 0.717) is 31.2 Å². The van der Waals surface area contributed by atoms with Crippen LogP contribution in [0.2, 0.25) is 5.02 Å². The Morgan fingerprint density at radius 3 is 2.25 bits per heavy atom. The second kappa shape index (κ2) is 7.05. The van der Waals surface area contributed by atoms with Gasteiger partial charge in [0.25, 0.3) is 0 Å². The number of amides is 2. The van der Waals surface area contributed by atoms with E-state index in [0.717, 1.165) is 17.8 Å². The summed E-state index contributed by atoms with van der Waals surface area (Å²) in [6, 6.07) is 10.5. The Kier molecular flexibility index (Phi) is 4.85. The minimum Gasteiger partial charge on any atom is -0.368 e. The monoisotopic (exact) mass is 351 g/mol. The summed E-state index contributed by atoms with van der Waals surface area (Å²) in [5, 5.41) is 2.96. The highest BCUT2D eigenvalue weighted by molar-refractivity contribution is 6.30. The van der Waals surface area contributed by atoms with Gasteiger partial charge in [-0.05, 0) is 30.3 Å². The lowest BCUT2D eigenvalue weighted by Gasteiger charge is -2.36. The van der Waals surface area contributed by atoms with E-state index in [-0.39, 0.29) is 0 Å². The molecule has 4 nitrogen and oxygen atoms in total. The fraction of sp³-hybridized carbons (Fsp3) is 0.235. The lowest BCUT2D eigenvalue weighted by atomic mass is 10.2. The Hall–Kier alpha value is -2.34. The molecule has 0 spiro atoms. The first-order chi connectivity index (χ1) is 11.5. The van der Waals surface area contributed by atoms with E-state index in [9.17, 15) is 13.6 Å². The first-order valence-electron chi connectivity index (χ1n) is 7.55. The molecule has 0 radical (unpaired) electrons. The molecule has 1 N–H and O–H groups in total. The number of carbonyl (C=O) groups is 1. The molecule has 0 aromatic heterocycles. The fourth-order valence-electron chi connectivity index (χ4n) is 2.64. The Bertz CT molecular complexity index is 728. The topological polar surface area (TPSA) is 35.6 Å².